The predicted octanol–water partition coefficient (Wildman–Crippen LogP) is 2.32. The van der Waals surface area contributed by atoms with Gasteiger partial charge in [-0.3, -0.25) is 14.4 Å². The molecule has 0 spiro atoms. The molecule has 190 valence electrons. The van der Waals surface area contributed by atoms with E-state index >= 15 is 0 Å². The Morgan fingerprint density at radius 3 is 2.56 bits per heavy atom. The van der Waals surface area contributed by atoms with E-state index in [0.29, 0.717) is 36.5 Å². The molecule has 9 heteroatoms. The fraction of sp³-hybridized carbons (Fsp3) is 0.640. The van der Waals surface area contributed by atoms with Crippen LogP contribution in [-0.2, 0) is 14.3 Å². The average molecular weight is 477 g/mol. The van der Waals surface area contributed by atoms with Gasteiger partial charge in [0.25, 0.3) is 5.91 Å². The van der Waals surface area contributed by atoms with E-state index in [9.17, 15) is 14.4 Å². The Labute approximate surface area is 203 Å². The van der Waals surface area contributed by atoms with Crippen molar-refractivity contribution in [1.82, 2.24) is 14.7 Å². The van der Waals surface area contributed by atoms with Crippen molar-refractivity contribution in [3.05, 3.63) is 23.8 Å². The third-order valence-electron chi connectivity index (χ3n) is 5.98. The molecule has 34 heavy (non-hydrogen) atoms. The first-order chi connectivity index (χ1) is 16.1. The average Bonchev–Trinajstić information content (AvgIpc) is 2.77. The second-order valence-corrected chi connectivity index (χ2v) is 9.39. The van der Waals surface area contributed by atoms with Crippen LogP contribution in [0.1, 0.15) is 44.0 Å². The van der Waals surface area contributed by atoms with E-state index in [1.165, 1.54) is 0 Å². The summed E-state index contributed by atoms with van der Waals surface area (Å²) in [4.78, 5) is 43.7. The molecule has 0 radical (unpaired) electrons. The Bertz CT molecular complexity index is 860. The number of anilines is 1. The highest BCUT2D eigenvalue weighted by Crippen LogP contribution is 2.27. The van der Waals surface area contributed by atoms with Gasteiger partial charge in [0.2, 0.25) is 11.8 Å². The summed E-state index contributed by atoms with van der Waals surface area (Å²) in [5, 5.41) is 2.85. The summed E-state index contributed by atoms with van der Waals surface area (Å²) in [6.45, 7) is 7.26. The number of fused-ring (bicyclic) bond motifs is 1. The number of benzene rings is 1. The molecular formula is C25H40N4O5. The zero-order chi connectivity index (χ0) is 25.4. The number of nitrogens with one attached hydrogen (secondary N) is 1. The number of likely N-dealkylation sites (N-methyl/N-ethyl adjacent to an activating group) is 2. The number of ether oxygens (including phenoxy) is 2. The molecule has 1 N–H and O–H groups in total. The molecule has 1 aromatic carbocycles. The number of amides is 3. The topological polar surface area (TPSA) is 91.4 Å². The molecule has 1 aliphatic heterocycles. The summed E-state index contributed by atoms with van der Waals surface area (Å²) in [6, 6.07) is 4.83. The maximum Gasteiger partial charge on any atom is 0.257 e. The standard InChI is InChI=1S/C25H40N4O5/c1-8-9-23(30)26-19-10-11-20-21(12-19)34-16-18(3)29(24(31)15-27(4)5)13-17(2)22(33-7)14-28(6)25(20)32/h10-12,17-18,22H,8-9,13-16H2,1-7H3,(H,26,30)/t17-,18-,22+/m1/s1. The summed E-state index contributed by atoms with van der Waals surface area (Å²) in [5.41, 5.74) is 0.966. The normalized spacial score (nSPS) is 21.9. The van der Waals surface area contributed by atoms with Gasteiger partial charge in [-0.15, -0.1) is 0 Å². The van der Waals surface area contributed by atoms with Crippen LogP contribution in [0, 0.1) is 5.92 Å². The molecule has 0 unspecified atom stereocenters. The number of nitrogens with zero attached hydrogens (tertiary/aromatic N) is 3. The van der Waals surface area contributed by atoms with Gasteiger partial charge < -0.3 is 29.5 Å². The number of carbonyl (C=O) groups excluding carboxylic acids is 3. The van der Waals surface area contributed by atoms with Crippen molar-refractivity contribution in [3.63, 3.8) is 0 Å². The maximum atomic E-state index is 13.3. The molecular weight excluding hydrogens is 436 g/mol. The highest BCUT2D eigenvalue weighted by molar-refractivity contribution is 5.98. The summed E-state index contributed by atoms with van der Waals surface area (Å²) in [7, 11) is 7.08. The van der Waals surface area contributed by atoms with Crippen LogP contribution in [0.3, 0.4) is 0 Å². The van der Waals surface area contributed by atoms with E-state index in [-0.39, 0.29) is 48.9 Å². The molecule has 9 nitrogen and oxygen atoms in total. The first-order valence-electron chi connectivity index (χ1n) is 11.9. The van der Waals surface area contributed by atoms with Gasteiger partial charge in [0.1, 0.15) is 12.4 Å². The first kappa shape index (κ1) is 27.6. The number of methoxy groups -OCH3 is 1. The van der Waals surface area contributed by atoms with Gasteiger partial charge in [0, 0.05) is 51.3 Å². The van der Waals surface area contributed by atoms with Crippen molar-refractivity contribution < 1.29 is 23.9 Å². The van der Waals surface area contributed by atoms with Gasteiger partial charge in [-0.1, -0.05) is 13.8 Å². The zero-order valence-electron chi connectivity index (χ0n) is 21.6. The van der Waals surface area contributed by atoms with Crippen molar-refractivity contribution in [2.45, 2.75) is 45.8 Å². The molecule has 1 aliphatic rings. The molecule has 0 saturated heterocycles. The Hall–Kier alpha value is -2.65. The van der Waals surface area contributed by atoms with Gasteiger partial charge in [-0.2, -0.15) is 0 Å². The zero-order valence-corrected chi connectivity index (χ0v) is 21.6. The Morgan fingerprint density at radius 1 is 1.24 bits per heavy atom. The lowest BCUT2D eigenvalue weighted by Crippen LogP contribution is -2.50. The summed E-state index contributed by atoms with van der Waals surface area (Å²) in [6.07, 6.45) is 0.910. The van der Waals surface area contributed by atoms with Crippen molar-refractivity contribution >= 4 is 23.4 Å². The van der Waals surface area contributed by atoms with Crippen molar-refractivity contribution in [2.24, 2.45) is 5.92 Å². The quantitative estimate of drug-likeness (QED) is 0.678. The minimum absolute atomic E-state index is 0.00358. The molecule has 1 heterocycles. The second kappa shape index (κ2) is 12.7. The van der Waals surface area contributed by atoms with Crippen LogP contribution in [0.5, 0.6) is 5.75 Å². The molecule has 2 rings (SSSR count). The van der Waals surface area contributed by atoms with Crippen LogP contribution in [0.15, 0.2) is 18.2 Å². The van der Waals surface area contributed by atoms with E-state index in [0.717, 1.165) is 6.42 Å². The second-order valence-electron chi connectivity index (χ2n) is 9.39. The highest BCUT2D eigenvalue weighted by Gasteiger charge is 2.30. The number of rotatable bonds is 6. The van der Waals surface area contributed by atoms with Crippen LogP contribution < -0.4 is 10.1 Å². The van der Waals surface area contributed by atoms with Crippen molar-refractivity contribution in [3.8, 4) is 5.75 Å². The molecule has 0 bridgehead atoms. The first-order valence-corrected chi connectivity index (χ1v) is 11.9. The highest BCUT2D eigenvalue weighted by atomic mass is 16.5. The SMILES string of the molecule is CCCC(=O)Nc1ccc2c(c1)OC[C@@H](C)N(C(=O)CN(C)C)C[C@@H](C)[C@@H](OC)CN(C)C2=O. The summed E-state index contributed by atoms with van der Waals surface area (Å²) in [5.74, 6) is 0.101. The van der Waals surface area contributed by atoms with Gasteiger partial charge in [0.15, 0.2) is 0 Å². The van der Waals surface area contributed by atoms with Gasteiger partial charge in [0.05, 0.1) is 24.3 Å². The lowest BCUT2D eigenvalue weighted by molar-refractivity contribution is -0.136. The van der Waals surface area contributed by atoms with Crippen LogP contribution in [0.25, 0.3) is 0 Å². The molecule has 0 aromatic heterocycles. The number of hydrogen-bond acceptors (Lipinski definition) is 6. The molecule has 0 saturated carbocycles. The van der Waals surface area contributed by atoms with Gasteiger partial charge in [-0.05, 0) is 39.6 Å². The monoisotopic (exact) mass is 476 g/mol. The Balaban J connectivity index is 2.42. The minimum atomic E-state index is -0.243. The lowest BCUT2D eigenvalue weighted by Gasteiger charge is -2.36. The van der Waals surface area contributed by atoms with Crippen molar-refractivity contribution in [1.29, 1.82) is 0 Å². The molecule has 0 fully saturated rings. The summed E-state index contributed by atoms with van der Waals surface area (Å²) >= 11 is 0. The molecule has 3 atom stereocenters. The van der Waals surface area contributed by atoms with Gasteiger partial charge in [-0.25, -0.2) is 0 Å². The van der Waals surface area contributed by atoms with E-state index in [2.05, 4.69) is 5.32 Å². The minimum Gasteiger partial charge on any atom is -0.491 e. The third kappa shape index (κ3) is 7.43. The van der Waals surface area contributed by atoms with Crippen molar-refractivity contribution in [2.75, 3.05) is 59.8 Å². The summed E-state index contributed by atoms with van der Waals surface area (Å²) < 4.78 is 11.8. The predicted molar refractivity (Wildman–Crippen MR) is 132 cm³/mol. The van der Waals surface area contributed by atoms with Gasteiger partial charge >= 0.3 is 0 Å². The number of hydrogen-bond donors (Lipinski definition) is 1. The van der Waals surface area contributed by atoms with Crippen LogP contribution in [-0.4, -0.2) is 99.1 Å². The largest absolute Gasteiger partial charge is 0.491 e. The van der Waals surface area contributed by atoms with E-state index in [1.807, 2.05) is 44.7 Å². The Morgan fingerprint density at radius 2 is 1.94 bits per heavy atom. The van der Waals surface area contributed by atoms with Crippen LogP contribution in [0.2, 0.25) is 0 Å². The van der Waals surface area contributed by atoms with E-state index in [1.54, 1.807) is 37.3 Å². The lowest BCUT2D eigenvalue weighted by atomic mass is 10.0. The van der Waals surface area contributed by atoms with E-state index < -0.39 is 0 Å². The number of carbonyl (C=O) groups is 3. The van der Waals surface area contributed by atoms with Crippen LogP contribution >= 0.6 is 0 Å². The smallest absolute Gasteiger partial charge is 0.257 e. The fourth-order valence-electron chi connectivity index (χ4n) is 4.01. The third-order valence-corrected chi connectivity index (χ3v) is 5.98. The van der Waals surface area contributed by atoms with E-state index in [4.69, 9.17) is 9.47 Å². The maximum absolute atomic E-state index is 13.3. The molecule has 3 amide bonds. The van der Waals surface area contributed by atoms with Crippen LogP contribution in [0.4, 0.5) is 5.69 Å². The Kier molecular flexibility index (Phi) is 10.3. The molecule has 0 aliphatic carbocycles. The molecule has 1 aromatic rings. The fourth-order valence-corrected chi connectivity index (χ4v) is 4.01.